The molecule has 0 saturated carbocycles. The molecule has 1 amide bonds. The number of amides is 1. The Bertz CT molecular complexity index is 1130. The SMILES string of the molecule is CC(C)(C)OC(=O)NCCCOc1ccc(C(C)(C)c2ccc(OCc3ccnc(Cl)n3)cc2)cc1. The molecule has 0 radical (unpaired) electrons. The van der Waals surface area contributed by atoms with E-state index in [9.17, 15) is 4.79 Å². The molecule has 0 aliphatic heterocycles. The molecule has 7 nitrogen and oxygen atoms in total. The molecule has 0 saturated heterocycles. The van der Waals surface area contributed by atoms with Gasteiger partial charge in [0.05, 0.1) is 12.3 Å². The van der Waals surface area contributed by atoms with E-state index >= 15 is 0 Å². The Kier molecular flexibility index (Phi) is 9.15. The monoisotopic (exact) mass is 511 g/mol. The third kappa shape index (κ3) is 8.41. The standard InChI is InChI=1S/C28H34ClN3O4/c1-27(2,3)36-26(33)31-16-6-18-34-23-11-7-20(8-12-23)28(4,5)21-9-13-24(14-10-21)35-19-22-15-17-30-25(29)32-22/h7-15,17H,6,16,18-19H2,1-5H3,(H,31,33). The quantitative estimate of drug-likeness (QED) is 0.253. The zero-order valence-corrected chi connectivity index (χ0v) is 22.3. The number of hydrogen-bond acceptors (Lipinski definition) is 6. The zero-order valence-electron chi connectivity index (χ0n) is 21.5. The van der Waals surface area contributed by atoms with Crippen LogP contribution >= 0.6 is 11.6 Å². The molecule has 0 aliphatic rings. The molecule has 0 aliphatic carbocycles. The number of alkyl carbamates (subject to hydrolysis) is 1. The highest BCUT2D eigenvalue weighted by molar-refractivity contribution is 6.28. The van der Waals surface area contributed by atoms with Crippen molar-refractivity contribution < 1.29 is 19.0 Å². The maximum Gasteiger partial charge on any atom is 0.407 e. The Morgan fingerprint density at radius 2 is 1.47 bits per heavy atom. The molecule has 3 aromatic rings. The number of nitrogens with zero attached hydrogens (tertiary/aromatic N) is 2. The molecule has 0 atom stereocenters. The van der Waals surface area contributed by atoms with Crippen LogP contribution in [0.1, 0.15) is 57.9 Å². The van der Waals surface area contributed by atoms with E-state index in [0.29, 0.717) is 26.2 Å². The fraction of sp³-hybridized carbons (Fsp3) is 0.393. The highest BCUT2D eigenvalue weighted by Crippen LogP contribution is 2.33. The van der Waals surface area contributed by atoms with Gasteiger partial charge in [0.1, 0.15) is 23.7 Å². The van der Waals surface area contributed by atoms with Crippen molar-refractivity contribution in [2.75, 3.05) is 13.2 Å². The molecule has 0 spiro atoms. The van der Waals surface area contributed by atoms with Gasteiger partial charge >= 0.3 is 6.09 Å². The molecular formula is C28H34ClN3O4. The van der Waals surface area contributed by atoms with Crippen molar-refractivity contribution in [1.29, 1.82) is 0 Å². The molecular weight excluding hydrogens is 478 g/mol. The lowest BCUT2D eigenvalue weighted by atomic mass is 9.78. The summed E-state index contributed by atoms with van der Waals surface area (Å²) in [6.45, 7) is 11.2. The van der Waals surface area contributed by atoms with Gasteiger partial charge in [-0.15, -0.1) is 0 Å². The van der Waals surface area contributed by atoms with Gasteiger partial charge in [-0.25, -0.2) is 14.8 Å². The summed E-state index contributed by atoms with van der Waals surface area (Å²) in [7, 11) is 0. The molecule has 2 aromatic carbocycles. The van der Waals surface area contributed by atoms with E-state index in [1.807, 2.05) is 45.0 Å². The van der Waals surface area contributed by atoms with Gasteiger partial charge in [-0.2, -0.15) is 0 Å². The summed E-state index contributed by atoms with van der Waals surface area (Å²) < 4.78 is 16.9. The zero-order chi connectivity index (χ0) is 26.2. The number of carbonyl (C=O) groups is 1. The minimum absolute atomic E-state index is 0.200. The van der Waals surface area contributed by atoms with Crippen molar-refractivity contribution >= 4 is 17.7 Å². The van der Waals surface area contributed by atoms with Gasteiger partial charge in [0.15, 0.2) is 0 Å². The van der Waals surface area contributed by atoms with Gasteiger partial charge in [-0.05, 0) is 80.3 Å². The molecule has 36 heavy (non-hydrogen) atoms. The maximum absolute atomic E-state index is 11.7. The molecule has 1 aromatic heterocycles. The Morgan fingerprint density at radius 1 is 0.889 bits per heavy atom. The Hall–Kier alpha value is -3.32. The summed E-state index contributed by atoms with van der Waals surface area (Å²) in [5.41, 5.74) is 2.36. The van der Waals surface area contributed by atoms with E-state index in [1.165, 1.54) is 11.1 Å². The van der Waals surface area contributed by atoms with Crippen LogP contribution in [-0.4, -0.2) is 34.8 Å². The average Bonchev–Trinajstić information content (AvgIpc) is 2.82. The topological polar surface area (TPSA) is 82.6 Å². The van der Waals surface area contributed by atoms with Gasteiger partial charge in [0.2, 0.25) is 5.28 Å². The number of ether oxygens (including phenoxy) is 3. The van der Waals surface area contributed by atoms with E-state index in [0.717, 1.165) is 17.2 Å². The van der Waals surface area contributed by atoms with Crippen LogP contribution in [0.2, 0.25) is 5.28 Å². The number of rotatable bonds is 10. The van der Waals surface area contributed by atoms with Gasteiger partial charge in [0, 0.05) is 18.2 Å². The van der Waals surface area contributed by atoms with Crippen LogP contribution in [0.15, 0.2) is 60.8 Å². The number of benzene rings is 2. The van der Waals surface area contributed by atoms with E-state index in [-0.39, 0.29) is 10.7 Å². The van der Waals surface area contributed by atoms with E-state index in [2.05, 4.69) is 53.4 Å². The number of nitrogens with one attached hydrogen (secondary N) is 1. The summed E-state index contributed by atoms with van der Waals surface area (Å²) in [4.78, 5) is 19.7. The highest BCUT2D eigenvalue weighted by atomic mass is 35.5. The second-order valence-electron chi connectivity index (χ2n) is 9.91. The molecule has 0 unspecified atom stereocenters. The lowest BCUT2D eigenvalue weighted by Gasteiger charge is -2.26. The van der Waals surface area contributed by atoms with Gasteiger partial charge in [0.25, 0.3) is 0 Å². The second-order valence-corrected chi connectivity index (χ2v) is 10.2. The van der Waals surface area contributed by atoms with Crippen molar-refractivity contribution in [2.24, 2.45) is 0 Å². The Labute approximate surface area is 218 Å². The largest absolute Gasteiger partial charge is 0.494 e. The predicted molar refractivity (Wildman–Crippen MR) is 141 cm³/mol. The van der Waals surface area contributed by atoms with Crippen LogP contribution in [0.3, 0.4) is 0 Å². The van der Waals surface area contributed by atoms with E-state index in [4.69, 9.17) is 25.8 Å². The van der Waals surface area contributed by atoms with E-state index in [1.54, 1.807) is 12.3 Å². The maximum atomic E-state index is 11.7. The Morgan fingerprint density at radius 3 is 2.03 bits per heavy atom. The fourth-order valence-corrected chi connectivity index (χ4v) is 3.64. The van der Waals surface area contributed by atoms with Crippen molar-refractivity contribution in [3.8, 4) is 11.5 Å². The highest BCUT2D eigenvalue weighted by Gasteiger charge is 2.23. The molecule has 1 heterocycles. The summed E-state index contributed by atoms with van der Waals surface area (Å²) in [5.74, 6) is 1.55. The lowest BCUT2D eigenvalue weighted by Crippen LogP contribution is -2.33. The molecule has 1 N–H and O–H groups in total. The summed E-state index contributed by atoms with van der Waals surface area (Å²) >= 11 is 5.83. The first-order valence-corrected chi connectivity index (χ1v) is 12.3. The molecule has 0 fully saturated rings. The first-order valence-electron chi connectivity index (χ1n) is 11.9. The molecule has 8 heteroatoms. The third-order valence-corrected chi connectivity index (χ3v) is 5.66. The van der Waals surface area contributed by atoms with Gasteiger partial charge < -0.3 is 19.5 Å². The molecule has 0 bridgehead atoms. The smallest absolute Gasteiger partial charge is 0.407 e. The average molecular weight is 512 g/mol. The number of halogens is 1. The fourth-order valence-electron chi connectivity index (χ4n) is 3.48. The predicted octanol–water partition coefficient (Wildman–Crippen LogP) is 6.33. The minimum atomic E-state index is -0.501. The van der Waals surface area contributed by atoms with Crippen LogP contribution in [0, 0.1) is 0 Å². The van der Waals surface area contributed by atoms with Crippen LogP contribution in [0.5, 0.6) is 11.5 Å². The molecule has 192 valence electrons. The number of carbonyl (C=O) groups excluding carboxylic acids is 1. The Balaban J connectivity index is 1.48. The normalized spacial score (nSPS) is 11.6. The third-order valence-electron chi connectivity index (χ3n) is 5.48. The van der Waals surface area contributed by atoms with Crippen LogP contribution in [0.25, 0.3) is 0 Å². The summed E-state index contributed by atoms with van der Waals surface area (Å²) in [6.07, 6.45) is 1.88. The summed E-state index contributed by atoms with van der Waals surface area (Å²) in [6, 6.07) is 18.0. The summed E-state index contributed by atoms with van der Waals surface area (Å²) in [5, 5.41) is 2.94. The van der Waals surface area contributed by atoms with Crippen LogP contribution < -0.4 is 14.8 Å². The lowest BCUT2D eigenvalue weighted by molar-refractivity contribution is 0.0525. The number of hydrogen-bond donors (Lipinski definition) is 1. The van der Waals surface area contributed by atoms with Crippen molar-refractivity contribution in [3.63, 3.8) is 0 Å². The van der Waals surface area contributed by atoms with Crippen LogP contribution in [0.4, 0.5) is 4.79 Å². The van der Waals surface area contributed by atoms with Crippen LogP contribution in [-0.2, 0) is 16.8 Å². The van der Waals surface area contributed by atoms with Gasteiger partial charge in [-0.1, -0.05) is 38.1 Å². The first-order chi connectivity index (χ1) is 17.0. The minimum Gasteiger partial charge on any atom is -0.494 e. The number of aromatic nitrogens is 2. The van der Waals surface area contributed by atoms with E-state index < -0.39 is 11.7 Å². The van der Waals surface area contributed by atoms with Crippen molar-refractivity contribution in [1.82, 2.24) is 15.3 Å². The molecule has 3 rings (SSSR count). The van der Waals surface area contributed by atoms with Crippen molar-refractivity contribution in [2.45, 2.75) is 58.7 Å². The second kappa shape index (κ2) is 12.1. The van der Waals surface area contributed by atoms with Crippen molar-refractivity contribution in [3.05, 3.63) is 82.9 Å². The van der Waals surface area contributed by atoms with Gasteiger partial charge in [-0.3, -0.25) is 0 Å². The first kappa shape index (κ1) is 27.3.